The van der Waals surface area contributed by atoms with Crippen molar-refractivity contribution < 1.29 is 10.2 Å². The van der Waals surface area contributed by atoms with Crippen LogP contribution in [0.4, 0.5) is 0 Å². The number of rotatable bonds is 0. The summed E-state index contributed by atoms with van der Waals surface area (Å²) >= 11 is 0. The van der Waals surface area contributed by atoms with Gasteiger partial charge < -0.3 is 15.5 Å². The molecule has 4 rings (SSSR count). The van der Waals surface area contributed by atoms with Crippen molar-refractivity contribution in [3.05, 3.63) is 47.0 Å². The third kappa shape index (κ3) is 1.12. The van der Waals surface area contributed by atoms with Gasteiger partial charge in [-0.3, -0.25) is 0 Å². The van der Waals surface area contributed by atoms with Crippen LogP contribution in [-0.2, 0) is 13.0 Å². The van der Waals surface area contributed by atoms with Gasteiger partial charge >= 0.3 is 0 Å². The van der Waals surface area contributed by atoms with E-state index in [2.05, 4.69) is 11.4 Å². The van der Waals surface area contributed by atoms with Crippen LogP contribution in [0.25, 0.3) is 11.1 Å². The molecule has 0 spiro atoms. The van der Waals surface area contributed by atoms with Gasteiger partial charge in [0.25, 0.3) is 0 Å². The maximum atomic E-state index is 10.2. The highest BCUT2D eigenvalue weighted by molar-refractivity contribution is 5.83. The molecule has 0 bridgehead atoms. The molecule has 3 N–H and O–H groups in total. The van der Waals surface area contributed by atoms with Crippen molar-refractivity contribution in [3.8, 4) is 22.6 Å². The van der Waals surface area contributed by atoms with E-state index in [-0.39, 0.29) is 17.5 Å². The minimum atomic E-state index is -0.0251. The number of nitrogens with one attached hydrogen (secondary N) is 1. The number of hydrogen-bond acceptors (Lipinski definition) is 3. The van der Waals surface area contributed by atoms with Gasteiger partial charge in [0.05, 0.1) is 0 Å². The van der Waals surface area contributed by atoms with E-state index in [1.54, 1.807) is 6.07 Å². The molecule has 2 aromatic carbocycles. The Kier molecular flexibility index (Phi) is 1.81. The van der Waals surface area contributed by atoms with Crippen LogP contribution in [0, 0.1) is 0 Å². The molecule has 1 atom stereocenters. The lowest BCUT2D eigenvalue weighted by molar-refractivity contribution is 0.404. The summed E-state index contributed by atoms with van der Waals surface area (Å²) in [6.45, 7) is 0.759. The van der Waals surface area contributed by atoms with Crippen molar-refractivity contribution in [2.75, 3.05) is 0 Å². The van der Waals surface area contributed by atoms with Crippen LogP contribution in [0.2, 0.25) is 0 Å². The molecule has 0 amide bonds. The van der Waals surface area contributed by atoms with Crippen molar-refractivity contribution in [3.63, 3.8) is 0 Å². The Balaban J connectivity index is 2.13. The summed E-state index contributed by atoms with van der Waals surface area (Å²) < 4.78 is 0. The number of phenols is 2. The molecule has 2 aromatic rings. The average Bonchev–Trinajstić information content (AvgIpc) is 2.77. The lowest BCUT2D eigenvalue weighted by Gasteiger charge is -2.25. The fourth-order valence-electron chi connectivity index (χ4n) is 3.22. The summed E-state index contributed by atoms with van der Waals surface area (Å²) in [5.41, 5.74) is 5.32. The molecule has 0 aromatic heterocycles. The summed E-state index contributed by atoms with van der Waals surface area (Å²) in [4.78, 5) is 0. The van der Waals surface area contributed by atoms with Gasteiger partial charge in [0.15, 0.2) is 11.5 Å². The third-order valence-electron chi connectivity index (χ3n) is 4.00. The zero-order valence-electron chi connectivity index (χ0n) is 9.77. The smallest absolute Gasteiger partial charge is 0.165 e. The minimum Gasteiger partial charge on any atom is -0.504 e. The first-order valence-corrected chi connectivity index (χ1v) is 6.15. The topological polar surface area (TPSA) is 52.5 Å². The molecule has 0 saturated heterocycles. The zero-order valence-corrected chi connectivity index (χ0v) is 9.77. The fraction of sp³-hybridized carbons (Fsp3) is 0.200. The van der Waals surface area contributed by atoms with Crippen molar-refractivity contribution in [2.24, 2.45) is 0 Å². The van der Waals surface area contributed by atoms with Gasteiger partial charge in [-0.15, -0.1) is 0 Å². The van der Waals surface area contributed by atoms with Gasteiger partial charge in [-0.05, 0) is 34.7 Å². The Morgan fingerprint density at radius 2 is 1.94 bits per heavy atom. The maximum absolute atomic E-state index is 10.2. The van der Waals surface area contributed by atoms with E-state index in [4.69, 9.17) is 0 Å². The molecule has 1 aliphatic heterocycles. The molecule has 3 heteroatoms. The van der Waals surface area contributed by atoms with Gasteiger partial charge in [0.2, 0.25) is 0 Å². The first-order valence-electron chi connectivity index (χ1n) is 6.15. The molecule has 3 nitrogen and oxygen atoms in total. The average molecular weight is 239 g/mol. The normalized spacial score (nSPS) is 19.4. The van der Waals surface area contributed by atoms with Crippen molar-refractivity contribution in [2.45, 2.75) is 19.0 Å². The molecular weight excluding hydrogens is 226 g/mol. The van der Waals surface area contributed by atoms with Gasteiger partial charge in [0, 0.05) is 18.2 Å². The number of aromatic hydroxyl groups is 2. The Bertz CT molecular complexity index is 664. The van der Waals surface area contributed by atoms with E-state index < -0.39 is 0 Å². The fourth-order valence-corrected chi connectivity index (χ4v) is 3.22. The van der Waals surface area contributed by atoms with E-state index >= 15 is 0 Å². The molecule has 0 fully saturated rings. The van der Waals surface area contributed by atoms with Crippen LogP contribution < -0.4 is 5.32 Å². The summed E-state index contributed by atoms with van der Waals surface area (Å²) in [6, 6.07) is 10.0. The van der Waals surface area contributed by atoms with Crippen LogP contribution in [-0.4, -0.2) is 10.2 Å². The zero-order chi connectivity index (χ0) is 12.3. The second-order valence-corrected chi connectivity index (χ2v) is 4.99. The van der Waals surface area contributed by atoms with Gasteiger partial charge in [-0.1, -0.05) is 24.3 Å². The van der Waals surface area contributed by atoms with Crippen LogP contribution in [0.5, 0.6) is 11.5 Å². The maximum Gasteiger partial charge on any atom is 0.165 e. The first-order chi connectivity index (χ1) is 8.75. The molecule has 1 heterocycles. The van der Waals surface area contributed by atoms with Gasteiger partial charge in [0.1, 0.15) is 0 Å². The van der Waals surface area contributed by atoms with Gasteiger partial charge in [-0.2, -0.15) is 0 Å². The molecule has 18 heavy (non-hydrogen) atoms. The Hall–Kier alpha value is -2.00. The summed E-state index contributed by atoms with van der Waals surface area (Å²) in [7, 11) is 0. The second kappa shape index (κ2) is 3.27. The summed E-state index contributed by atoms with van der Waals surface area (Å²) in [5.74, 6) is -0.0162. The van der Waals surface area contributed by atoms with Crippen LogP contribution in [0.1, 0.15) is 22.7 Å². The minimum absolute atomic E-state index is 0.00889. The Morgan fingerprint density at radius 1 is 1.11 bits per heavy atom. The standard InChI is InChI=1S/C15H13NO2/c17-12-6-9-7-16-11-5-8-3-1-2-4-10(8)14(13(9)11)15(12)18/h1-4,6,11,16-18H,5,7H2. The third-order valence-corrected chi connectivity index (χ3v) is 4.00. The summed E-state index contributed by atoms with van der Waals surface area (Å²) in [6.07, 6.45) is 0.945. The predicted molar refractivity (Wildman–Crippen MR) is 68.5 cm³/mol. The molecule has 90 valence electrons. The van der Waals surface area contributed by atoms with E-state index in [0.29, 0.717) is 0 Å². The molecule has 2 aliphatic rings. The largest absolute Gasteiger partial charge is 0.504 e. The number of benzene rings is 2. The van der Waals surface area contributed by atoms with Crippen LogP contribution in [0.15, 0.2) is 30.3 Å². The van der Waals surface area contributed by atoms with E-state index in [9.17, 15) is 10.2 Å². The van der Waals surface area contributed by atoms with Crippen molar-refractivity contribution >= 4 is 0 Å². The highest BCUT2D eigenvalue weighted by Gasteiger charge is 2.33. The first kappa shape index (κ1) is 9.97. The highest BCUT2D eigenvalue weighted by atomic mass is 16.3. The predicted octanol–water partition coefficient (Wildman–Crippen LogP) is 2.47. The van der Waals surface area contributed by atoms with Crippen molar-refractivity contribution in [1.82, 2.24) is 5.32 Å². The van der Waals surface area contributed by atoms with Crippen LogP contribution >= 0.6 is 0 Å². The summed E-state index contributed by atoms with van der Waals surface area (Å²) in [5, 5.41) is 23.5. The Morgan fingerprint density at radius 3 is 2.83 bits per heavy atom. The molecular formula is C15H13NO2. The molecule has 0 saturated carbocycles. The van der Waals surface area contributed by atoms with Crippen LogP contribution in [0.3, 0.4) is 0 Å². The van der Waals surface area contributed by atoms with Crippen molar-refractivity contribution in [1.29, 1.82) is 0 Å². The lowest BCUT2D eigenvalue weighted by atomic mass is 9.81. The molecule has 1 unspecified atom stereocenters. The Labute approximate surface area is 105 Å². The monoisotopic (exact) mass is 239 g/mol. The second-order valence-electron chi connectivity index (χ2n) is 4.99. The quantitative estimate of drug-likeness (QED) is 0.619. The highest BCUT2D eigenvalue weighted by Crippen LogP contribution is 2.50. The number of phenolic OH excluding ortho intramolecular Hbond substituents is 2. The van der Waals surface area contributed by atoms with E-state index in [1.165, 1.54) is 5.56 Å². The van der Waals surface area contributed by atoms with E-state index in [1.807, 2.05) is 18.2 Å². The molecule has 1 aliphatic carbocycles. The van der Waals surface area contributed by atoms with Gasteiger partial charge in [-0.25, -0.2) is 0 Å². The lowest BCUT2D eigenvalue weighted by Crippen LogP contribution is -2.18. The molecule has 0 radical (unpaired) electrons. The number of fused-ring (bicyclic) bond motifs is 2. The number of hydrogen-bond donors (Lipinski definition) is 3. The van der Waals surface area contributed by atoms with E-state index in [0.717, 1.165) is 35.2 Å². The SMILES string of the molecule is Oc1cc2c3c(c1O)-c1ccccc1CC3NC2.